The third-order valence-corrected chi connectivity index (χ3v) is 3.47. The molecule has 22 heavy (non-hydrogen) atoms. The van der Waals surface area contributed by atoms with E-state index in [0.717, 1.165) is 24.1 Å². The lowest BCUT2D eigenvalue weighted by Crippen LogP contribution is -2.26. The predicted molar refractivity (Wildman–Crippen MR) is 92.0 cm³/mol. The number of anilines is 1. The van der Waals surface area contributed by atoms with Crippen molar-refractivity contribution in [1.29, 1.82) is 0 Å². The van der Waals surface area contributed by atoms with Crippen LogP contribution in [0.4, 0.5) is 5.69 Å². The van der Waals surface area contributed by atoms with Crippen LogP contribution in [0, 0.1) is 11.8 Å². The normalized spacial score (nSPS) is 9.73. The number of carbonyl (C=O) groups excluding carboxylic acids is 1. The van der Waals surface area contributed by atoms with E-state index in [0.29, 0.717) is 5.56 Å². The largest absolute Gasteiger partial charge is 0.311 e. The van der Waals surface area contributed by atoms with E-state index in [1.807, 2.05) is 54.6 Å². The standard InChI is InChI=1S/C20H21NO/c1-3-4-5-7-10-17-13-15-19(16-14-17)21(2)20(22)18-11-8-6-9-12-18/h6,8-9,11-16H,3-5H2,1-2H3. The summed E-state index contributed by atoms with van der Waals surface area (Å²) in [5.41, 5.74) is 2.54. The van der Waals surface area contributed by atoms with Crippen molar-refractivity contribution in [3.8, 4) is 11.8 Å². The molecule has 2 heteroatoms. The van der Waals surface area contributed by atoms with Crippen LogP contribution in [0.15, 0.2) is 54.6 Å². The van der Waals surface area contributed by atoms with Gasteiger partial charge in [0.2, 0.25) is 0 Å². The van der Waals surface area contributed by atoms with E-state index in [-0.39, 0.29) is 5.91 Å². The topological polar surface area (TPSA) is 20.3 Å². The van der Waals surface area contributed by atoms with Crippen molar-refractivity contribution in [1.82, 2.24) is 0 Å². The maximum Gasteiger partial charge on any atom is 0.258 e. The molecule has 112 valence electrons. The molecule has 0 saturated carbocycles. The number of hydrogen-bond donors (Lipinski definition) is 0. The van der Waals surface area contributed by atoms with Crippen molar-refractivity contribution in [2.45, 2.75) is 26.2 Å². The van der Waals surface area contributed by atoms with Crippen LogP contribution in [0.25, 0.3) is 0 Å². The summed E-state index contributed by atoms with van der Waals surface area (Å²) in [6.07, 6.45) is 3.24. The van der Waals surface area contributed by atoms with Crippen molar-refractivity contribution in [2.24, 2.45) is 0 Å². The van der Waals surface area contributed by atoms with Gasteiger partial charge in [-0.1, -0.05) is 43.4 Å². The highest BCUT2D eigenvalue weighted by atomic mass is 16.2. The van der Waals surface area contributed by atoms with E-state index in [9.17, 15) is 4.79 Å². The molecule has 0 N–H and O–H groups in total. The molecule has 0 aliphatic rings. The molecule has 2 aromatic rings. The molecule has 0 aliphatic heterocycles. The molecule has 0 spiro atoms. The SMILES string of the molecule is CCCCC#Cc1ccc(N(C)C(=O)c2ccccc2)cc1. The van der Waals surface area contributed by atoms with Gasteiger partial charge in [-0.3, -0.25) is 4.79 Å². The first-order valence-electron chi connectivity index (χ1n) is 7.64. The zero-order valence-corrected chi connectivity index (χ0v) is 13.2. The fourth-order valence-electron chi connectivity index (χ4n) is 2.09. The first kappa shape index (κ1) is 15.9. The van der Waals surface area contributed by atoms with E-state index >= 15 is 0 Å². The Morgan fingerprint density at radius 2 is 1.73 bits per heavy atom. The van der Waals surface area contributed by atoms with Crippen LogP contribution in [0.2, 0.25) is 0 Å². The molecule has 0 aliphatic carbocycles. The highest BCUT2D eigenvalue weighted by Gasteiger charge is 2.12. The second-order valence-corrected chi connectivity index (χ2v) is 5.18. The van der Waals surface area contributed by atoms with Crippen molar-refractivity contribution in [3.05, 3.63) is 65.7 Å². The minimum atomic E-state index is -0.0117. The highest BCUT2D eigenvalue weighted by Crippen LogP contribution is 2.16. The number of unbranched alkanes of at least 4 members (excludes halogenated alkanes) is 2. The molecule has 0 unspecified atom stereocenters. The van der Waals surface area contributed by atoms with E-state index in [1.165, 1.54) is 6.42 Å². The fraction of sp³-hybridized carbons (Fsp3) is 0.250. The average Bonchev–Trinajstić information content (AvgIpc) is 2.59. The monoisotopic (exact) mass is 291 g/mol. The molecular weight excluding hydrogens is 270 g/mol. The Hall–Kier alpha value is -2.53. The third-order valence-electron chi connectivity index (χ3n) is 3.47. The summed E-state index contributed by atoms with van der Waals surface area (Å²) in [5.74, 6) is 6.31. The van der Waals surface area contributed by atoms with Gasteiger partial charge in [-0.25, -0.2) is 0 Å². The minimum absolute atomic E-state index is 0.0117. The smallest absolute Gasteiger partial charge is 0.258 e. The number of carbonyl (C=O) groups is 1. The maximum atomic E-state index is 12.4. The minimum Gasteiger partial charge on any atom is -0.311 e. The molecule has 0 radical (unpaired) electrons. The summed E-state index contributed by atoms with van der Waals surface area (Å²) in [6, 6.07) is 17.1. The van der Waals surface area contributed by atoms with Gasteiger partial charge in [-0.2, -0.15) is 0 Å². The molecule has 0 heterocycles. The van der Waals surface area contributed by atoms with E-state index < -0.39 is 0 Å². The van der Waals surface area contributed by atoms with E-state index in [4.69, 9.17) is 0 Å². The Labute approximate surface area is 132 Å². The zero-order chi connectivity index (χ0) is 15.8. The van der Waals surface area contributed by atoms with Gasteiger partial charge in [-0.05, 0) is 42.8 Å². The van der Waals surface area contributed by atoms with Crippen LogP contribution < -0.4 is 4.90 Å². The Balaban J connectivity index is 2.06. The zero-order valence-electron chi connectivity index (χ0n) is 13.2. The van der Waals surface area contributed by atoms with Gasteiger partial charge in [0.15, 0.2) is 0 Å². The first-order chi connectivity index (χ1) is 10.7. The van der Waals surface area contributed by atoms with Gasteiger partial charge in [0.1, 0.15) is 0 Å². The summed E-state index contributed by atoms with van der Waals surface area (Å²) >= 11 is 0. The molecule has 0 saturated heterocycles. The number of hydrogen-bond acceptors (Lipinski definition) is 1. The van der Waals surface area contributed by atoms with E-state index in [2.05, 4.69) is 18.8 Å². The van der Waals surface area contributed by atoms with Crippen LogP contribution in [0.3, 0.4) is 0 Å². The van der Waals surface area contributed by atoms with Crippen molar-refractivity contribution in [2.75, 3.05) is 11.9 Å². The Kier molecular flexibility index (Phi) is 5.80. The molecule has 0 bridgehead atoms. The van der Waals surface area contributed by atoms with Gasteiger partial charge in [0.25, 0.3) is 5.91 Å². The van der Waals surface area contributed by atoms with Gasteiger partial charge in [0, 0.05) is 30.3 Å². The second kappa shape index (κ2) is 8.05. The van der Waals surface area contributed by atoms with Gasteiger partial charge in [-0.15, -0.1) is 0 Å². The third kappa shape index (κ3) is 4.23. The van der Waals surface area contributed by atoms with Gasteiger partial charge < -0.3 is 4.90 Å². The van der Waals surface area contributed by atoms with Crippen molar-refractivity contribution >= 4 is 11.6 Å². The number of amides is 1. The molecule has 1 amide bonds. The Bertz CT molecular complexity index is 662. The van der Waals surface area contributed by atoms with Crippen molar-refractivity contribution in [3.63, 3.8) is 0 Å². The first-order valence-corrected chi connectivity index (χ1v) is 7.64. The fourth-order valence-corrected chi connectivity index (χ4v) is 2.09. The lowest BCUT2D eigenvalue weighted by Gasteiger charge is -2.17. The molecule has 2 nitrogen and oxygen atoms in total. The lowest BCUT2D eigenvalue weighted by atomic mass is 10.1. The molecular formula is C20H21NO. The van der Waals surface area contributed by atoms with E-state index in [1.54, 1.807) is 11.9 Å². The van der Waals surface area contributed by atoms with Crippen LogP contribution in [0.5, 0.6) is 0 Å². The Morgan fingerprint density at radius 1 is 1.05 bits per heavy atom. The second-order valence-electron chi connectivity index (χ2n) is 5.18. The summed E-state index contributed by atoms with van der Waals surface area (Å²) in [5, 5.41) is 0. The number of benzene rings is 2. The average molecular weight is 291 g/mol. The lowest BCUT2D eigenvalue weighted by molar-refractivity contribution is 0.0993. The highest BCUT2D eigenvalue weighted by molar-refractivity contribution is 6.05. The quantitative estimate of drug-likeness (QED) is 0.599. The molecule has 0 fully saturated rings. The molecule has 2 rings (SSSR count). The maximum absolute atomic E-state index is 12.4. The van der Waals surface area contributed by atoms with Crippen LogP contribution in [0.1, 0.15) is 42.1 Å². The summed E-state index contributed by atoms with van der Waals surface area (Å²) in [6.45, 7) is 2.16. The number of nitrogens with zero attached hydrogens (tertiary/aromatic N) is 1. The van der Waals surface area contributed by atoms with Crippen LogP contribution in [-0.4, -0.2) is 13.0 Å². The number of rotatable bonds is 4. The predicted octanol–water partition coefficient (Wildman–Crippen LogP) is 4.50. The molecule has 0 aromatic heterocycles. The van der Waals surface area contributed by atoms with Gasteiger partial charge in [0.05, 0.1) is 0 Å². The van der Waals surface area contributed by atoms with Gasteiger partial charge >= 0.3 is 0 Å². The molecule has 2 aromatic carbocycles. The van der Waals surface area contributed by atoms with Crippen molar-refractivity contribution < 1.29 is 4.79 Å². The molecule has 0 atom stereocenters. The Morgan fingerprint density at radius 3 is 2.36 bits per heavy atom. The summed E-state index contributed by atoms with van der Waals surface area (Å²) in [7, 11) is 1.79. The van der Waals surface area contributed by atoms with Crippen LogP contribution in [-0.2, 0) is 0 Å². The summed E-state index contributed by atoms with van der Waals surface area (Å²) in [4.78, 5) is 14.0. The summed E-state index contributed by atoms with van der Waals surface area (Å²) < 4.78 is 0. The van der Waals surface area contributed by atoms with Crippen LogP contribution >= 0.6 is 0 Å².